The highest BCUT2D eigenvalue weighted by atomic mass is 19.4. The van der Waals surface area contributed by atoms with Crippen LogP contribution >= 0.6 is 0 Å². The van der Waals surface area contributed by atoms with Gasteiger partial charge in [-0.25, -0.2) is 5.43 Å². The van der Waals surface area contributed by atoms with E-state index in [1.165, 1.54) is 5.43 Å². The lowest BCUT2D eigenvalue weighted by atomic mass is 9.99. The number of amides is 1. The van der Waals surface area contributed by atoms with Crippen molar-refractivity contribution in [3.8, 4) is 5.75 Å². The van der Waals surface area contributed by atoms with Gasteiger partial charge >= 0.3 is 12.4 Å². The summed E-state index contributed by atoms with van der Waals surface area (Å²) in [6.45, 7) is 0. The first-order chi connectivity index (χ1) is 13.3. The normalized spacial score (nSPS) is 12.2. The molecular formula is C16H9F6N3O4. The minimum Gasteiger partial charge on any atom is -0.507 e. The number of nitrogens with zero attached hydrogens (tertiary/aromatic N) is 2. The van der Waals surface area contributed by atoms with Gasteiger partial charge in [-0.2, -0.15) is 31.4 Å². The van der Waals surface area contributed by atoms with Crippen molar-refractivity contribution in [2.45, 2.75) is 12.4 Å². The van der Waals surface area contributed by atoms with E-state index in [2.05, 4.69) is 5.10 Å². The fourth-order valence-electron chi connectivity index (χ4n) is 2.24. The molecule has 2 aromatic rings. The Hall–Kier alpha value is -3.64. The van der Waals surface area contributed by atoms with Crippen LogP contribution in [0.5, 0.6) is 5.75 Å². The highest BCUT2D eigenvalue weighted by molar-refractivity contribution is 5.98. The predicted molar refractivity (Wildman–Crippen MR) is 86.3 cm³/mol. The largest absolute Gasteiger partial charge is 0.507 e. The van der Waals surface area contributed by atoms with E-state index in [1.807, 2.05) is 0 Å². The Balaban J connectivity index is 2.40. The maximum Gasteiger partial charge on any atom is 0.417 e. The second-order valence-electron chi connectivity index (χ2n) is 5.42. The molecule has 0 fully saturated rings. The number of phenols is 1. The van der Waals surface area contributed by atoms with Crippen LogP contribution in [0.25, 0.3) is 0 Å². The van der Waals surface area contributed by atoms with E-state index in [0.717, 1.165) is 18.2 Å². The zero-order valence-corrected chi connectivity index (χ0v) is 13.9. The molecule has 0 unspecified atom stereocenters. The number of phenolic OH excluding ortho intramolecular Hbond substituents is 1. The smallest absolute Gasteiger partial charge is 0.417 e. The molecule has 2 rings (SSSR count). The van der Waals surface area contributed by atoms with E-state index in [0.29, 0.717) is 24.4 Å². The Morgan fingerprint density at radius 3 is 2.10 bits per heavy atom. The number of hydrazone groups is 1. The van der Waals surface area contributed by atoms with Gasteiger partial charge in [0.1, 0.15) is 5.75 Å². The molecule has 1 amide bonds. The number of rotatable bonds is 4. The average Bonchev–Trinajstić information content (AvgIpc) is 2.60. The van der Waals surface area contributed by atoms with Crippen LogP contribution in [0.1, 0.15) is 27.0 Å². The number of halogens is 6. The van der Waals surface area contributed by atoms with Crippen molar-refractivity contribution in [1.82, 2.24) is 5.43 Å². The monoisotopic (exact) mass is 421 g/mol. The first kappa shape index (κ1) is 21.7. The third kappa shape index (κ3) is 5.00. The molecule has 0 saturated heterocycles. The van der Waals surface area contributed by atoms with E-state index in [4.69, 9.17) is 0 Å². The Morgan fingerprint density at radius 1 is 1.07 bits per heavy atom. The minimum atomic E-state index is -5.25. The number of nitro benzene ring substituents is 1. The summed E-state index contributed by atoms with van der Waals surface area (Å²) in [5.41, 5.74) is -4.61. The van der Waals surface area contributed by atoms with Gasteiger partial charge in [0, 0.05) is 17.7 Å². The molecule has 0 aromatic heterocycles. The van der Waals surface area contributed by atoms with Gasteiger partial charge in [0.05, 0.1) is 27.8 Å². The number of non-ortho nitro benzene ring substituents is 1. The van der Waals surface area contributed by atoms with Gasteiger partial charge in [0.15, 0.2) is 0 Å². The highest BCUT2D eigenvalue weighted by Crippen LogP contribution is 2.39. The highest BCUT2D eigenvalue weighted by Gasteiger charge is 2.42. The molecule has 154 valence electrons. The molecular weight excluding hydrogens is 412 g/mol. The molecule has 0 atom stereocenters. The zero-order chi connectivity index (χ0) is 22.0. The average molecular weight is 421 g/mol. The van der Waals surface area contributed by atoms with Gasteiger partial charge in [0.25, 0.3) is 11.6 Å². The van der Waals surface area contributed by atoms with Crippen LogP contribution in [0.2, 0.25) is 0 Å². The molecule has 0 spiro atoms. The minimum absolute atomic E-state index is 0.306. The number of hydrogen-bond donors (Lipinski definition) is 2. The lowest BCUT2D eigenvalue weighted by molar-refractivity contribution is -0.384. The molecule has 0 radical (unpaired) electrons. The van der Waals surface area contributed by atoms with Crippen molar-refractivity contribution in [2.75, 3.05) is 0 Å². The van der Waals surface area contributed by atoms with Gasteiger partial charge in [-0.3, -0.25) is 14.9 Å². The van der Waals surface area contributed by atoms with Crippen LogP contribution in [0.4, 0.5) is 32.0 Å². The summed E-state index contributed by atoms with van der Waals surface area (Å²) < 4.78 is 78.3. The van der Waals surface area contributed by atoms with E-state index in [9.17, 15) is 46.4 Å². The lowest BCUT2D eigenvalue weighted by Crippen LogP contribution is -2.26. The number of alkyl halides is 6. The number of nitro groups is 1. The maximum absolute atomic E-state index is 13.1. The zero-order valence-electron chi connectivity index (χ0n) is 13.9. The van der Waals surface area contributed by atoms with Crippen LogP contribution in [-0.4, -0.2) is 22.2 Å². The number of carbonyl (C=O) groups is 1. The van der Waals surface area contributed by atoms with Crippen molar-refractivity contribution in [1.29, 1.82) is 0 Å². The predicted octanol–water partition coefficient (Wildman–Crippen LogP) is 4.10. The van der Waals surface area contributed by atoms with Gasteiger partial charge in [-0.15, -0.1) is 0 Å². The van der Waals surface area contributed by atoms with Gasteiger partial charge in [-0.05, 0) is 18.2 Å². The van der Waals surface area contributed by atoms with Crippen LogP contribution in [-0.2, 0) is 12.4 Å². The topological polar surface area (TPSA) is 105 Å². The quantitative estimate of drug-likeness (QED) is 0.336. The molecule has 29 heavy (non-hydrogen) atoms. The molecule has 13 heteroatoms. The van der Waals surface area contributed by atoms with Crippen molar-refractivity contribution < 1.29 is 41.2 Å². The molecule has 0 aliphatic carbocycles. The lowest BCUT2D eigenvalue weighted by Gasteiger charge is -2.17. The van der Waals surface area contributed by atoms with Crippen LogP contribution < -0.4 is 5.43 Å². The van der Waals surface area contributed by atoms with Crippen molar-refractivity contribution >= 4 is 17.8 Å². The van der Waals surface area contributed by atoms with Crippen molar-refractivity contribution in [3.63, 3.8) is 0 Å². The first-order valence-electron chi connectivity index (χ1n) is 7.40. The summed E-state index contributed by atoms with van der Waals surface area (Å²) >= 11 is 0. The van der Waals surface area contributed by atoms with E-state index >= 15 is 0 Å². The van der Waals surface area contributed by atoms with Crippen molar-refractivity contribution in [2.24, 2.45) is 5.10 Å². The third-order valence-electron chi connectivity index (χ3n) is 3.49. The number of aromatic hydroxyl groups is 1. The number of nitrogens with one attached hydrogen (secondary N) is 1. The Morgan fingerprint density at radius 2 is 1.62 bits per heavy atom. The summed E-state index contributed by atoms with van der Waals surface area (Å²) in [5, 5.41) is 23.5. The summed E-state index contributed by atoms with van der Waals surface area (Å²) in [7, 11) is 0. The molecule has 0 bridgehead atoms. The number of carbonyl (C=O) groups excluding carboxylic acids is 1. The Bertz CT molecular complexity index is 953. The molecule has 2 N–H and O–H groups in total. The Kier molecular flexibility index (Phi) is 5.80. The van der Waals surface area contributed by atoms with Crippen molar-refractivity contribution in [3.05, 3.63) is 68.8 Å². The molecule has 0 aliphatic rings. The van der Waals surface area contributed by atoms with Gasteiger partial charge in [-0.1, -0.05) is 6.07 Å². The molecule has 0 aliphatic heterocycles. The van der Waals surface area contributed by atoms with E-state index in [-0.39, 0.29) is 5.56 Å². The van der Waals surface area contributed by atoms with E-state index in [1.54, 1.807) is 0 Å². The SMILES string of the molecule is O=C(N/N=C\c1cc([N+](=O)[O-])ccc1O)c1c(C(F)(F)F)cccc1C(F)(F)F. The van der Waals surface area contributed by atoms with Crippen LogP contribution in [0.3, 0.4) is 0 Å². The van der Waals surface area contributed by atoms with Gasteiger partial charge < -0.3 is 5.11 Å². The summed E-state index contributed by atoms with van der Waals surface area (Å²) in [6, 6.07) is 3.81. The number of hydrogen-bond acceptors (Lipinski definition) is 5. The second-order valence-corrected chi connectivity index (χ2v) is 5.42. The first-order valence-corrected chi connectivity index (χ1v) is 7.40. The number of benzene rings is 2. The fraction of sp³-hybridized carbons (Fsp3) is 0.125. The summed E-state index contributed by atoms with van der Waals surface area (Å²) in [4.78, 5) is 21.9. The second kappa shape index (κ2) is 7.77. The standard InChI is InChI=1S/C16H9F6N3O4/c17-15(18,19)10-2-1-3-11(16(20,21)22)13(10)14(27)24-23-7-8-6-9(25(28)29)4-5-12(8)26/h1-7,26H,(H,24,27)/b23-7-. The van der Waals surface area contributed by atoms with Crippen LogP contribution in [0.15, 0.2) is 41.5 Å². The maximum atomic E-state index is 13.1. The summed E-state index contributed by atoms with van der Waals surface area (Å²) in [5.74, 6) is -2.34. The van der Waals surface area contributed by atoms with Gasteiger partial charge in [0.2, 0.25) is 0 Å². The molecule has 0 heterocycles. The fourth-order valence-corrected chi connectivity index (χ4v) is 2.24. The van der Waals surface area contributed by atoms with Crippen LogP contribution in [0, 0.1) is 10.1 Å². The Labute approximate surface area is 157 Å². The molecule has 0 saturated carbocycles. The van der Waals surface area contributed by atoms with E-state index < -0.39 is 51.3 Å². The summed E-state index contributed by atoms with van der Waals surface area (Å²) in [6.07, 6.45) is -9.88. The molecule has 2 aromatic carbocycles. The third-order valence-corrected chi connectivity index (χ3v) is 3.49. The molecule has 7 nitrogen and oxygen atoms in total.